The Labute approximate surface area is 95.2 Å². The Morgan fingerprint density at radius 3 is 0.667 bits per heavy atom. The molecule has 9 heavy (non-hydrogen) atoms. The summed E-state index contributed by atoms with van der Waals surface area (Å²) in [5.41, 5.74) is 0. The minimum Gasteiger partial charge on any atom is 2.00 e. The molecule has 0 aliphatic heterocycles. The predicted octanol–water partition coefficient (Wildman–Crippen LogP) is -1.36. The Bertz CT molecular complexity index is 14.9. The van der Waals surface area contributed by atoms with Gasteiger partial charge in [0.25, 0.3) is 0 Å². The van der Waals surface area contributed by atoms with Gasteiger partial charge in [-0.25, -0.2) is 0 Å². The number of hydrogen-bond acceptors (Lipinski definition) is 1. The molecule has 0 aromatic rings. The molecule has 0 radical (unpaired) electrons. The van der Waals surface area contributed by atoms with Gasteiger partial charge in [0.1, 0.15) is 0 Å². The van der Waals surface area contributed by atoms with Crippen molar-refractivity contribution in [2.45, 2.75) is 0 Å². The molecule has 0 saturated carbocycles. The van der Waals surface area contributed by atoms with Crippen molar-refractivity contribution in [3.05, 3.63) is 0 Å². The largest absolute Gasteiger partial charge is 2.00 e. The average Bonchev–Trinajstić information content (AvgIpc) is 1.00. The van der Waals surface area contributed by atoms with Crippen LogP contribution in [-0.2, 0) is 61.2 Å². The van der Waals surface area contributed by atoms with Crippen LogP contribution in [0.25, 0.3) is 0 Å². The summed E-state index contributed by atoms with van der Waals surface area (Å²) in [7, 11) is 0. The van der Waals surface area contributed by atoms with Crippen LogP contribution in [0.5, 0.6) is 0 Å². The molecule has 0 aliphatic rings. The summed E-state index contributed by atoms with van der Waals surface area (Å²) >= 11 is 2.94. The van der Waals surface area contributed by atoms with Crippen molar-refractivity contribution < 1.29 is 61.2 Å². The van der Waals surface area contributed by atoms with Crippen molar-refractivity contribution in [2.75, 3.05) is 0 Å². The van der Waals surface area contributed by atoms with Crippen molar-refractivity contribution in [1.29, 1.82) is 0 Å². The van der Waals surface area contributed by atoms with Gasteiger partial charge in [0.05, 0.1) is 0 Å². The van der Waals surface area contributed by atoms with Crippen molar-refractivity contribution in [3.8, 4) is 0 Å². The smallest absolute Gasteiger partial charge is 2.00 e. The molecule has 0 fully saturated rings. The van der Waals surface area contributed by atoms with Crippen LogP contribution in [-0.4, -0.2) is 34.7 Å². The Hall–Kier alpha value is 1.85. The van der Waals surface area contributed by atoms with Crippen molar-refractivity contribution in [2.24, 2.45) is 0 Å². The molecule has 5 nitrogen and oxygen atoms in total. The van der Waals surface area contributed by atoms with Gasteiger partial charge >= 0.3 is 74.0 Å². The van der Waals surface area contributed by atoms with Crippen LogP contribution in [0.15, 0.2) is 0 Å². The van der Waals surface area contributed by atoms with E-state index in [1.54, 1.807) is 0 Å². The van der Waals surface area contributed by atoms with E-state index < -0.39 is 0 Å². The maximum atomic E-state index is 7.81. The second-order valence-corrected chi connectivity index (χ2v) is 0. The van der Waals surface area contributed by atoms with Gasteiger partial charge in [0.2, 0.25) is 0 Å². The van der Waals surface area contributed by atoms with Crippen LogP contribution in [0, 0.1) is 0 Å². The molecule has 49 valence electrons. The van der Waals surface area contributed by atoms with Gasteiger partial charge < -0.3 is 21.9 Å². The zero-order chi connectivity index (χ0) is 2.00. The van der Waals surface area contributed by atoms with E-state index in [0.717, 1.165) is 0 Å². The average molecular weight is 263 g/mol. The molecule has 0 aromatic heterocycles. The summed E-state index contributed by atoms with van der Waals surface area (Å²) in [5.74, 6) is 0. The Kier molecular flexibility index (Phi) is 3250. The van der Waals surface area contributed by atoms with E-state index in [-0.39, 0.29) is 76.1 Å². The summed E-state index contributed by atoms with van der Waals surface area (Å²) in [6.07, 6.45) is 0. The molecule has 0 atom stereocenters. The van der Waals surface area contributed by atoms with Gasteiger partial charge in [0, 0.05) is 0 Å². The molecular weight excluding hydrogens is 263 g/mol. The third-order valence-electron chi connectivity index (χ3n) is 0. The molecule has 0 aromatic carbocycles. The molecule has 0 aliphatic carbocycles. The first-order valence-corrected chi connectivity index (χ1v) is 0.508. The SMILES string of the molecule is [Al+3].[Al+3].[O-2].[O-2].[O-2].[O-2].[O]=[Cu].[Zn+2]. The zero-order valence-electron chi connectivity index (χ0n) is 4.20. The third kappa shape index (κ3) is 178. The van der Waals surface area contributed by atoms with Gasteiger partial charge in [-0.15, -0.1) is 0 Å². The van der Waals surface area contributed by atoms with Gasteiger partial charge in [0.15, 0.2) is 0 Å². The molecule has 0 heterocycles. The van der Waals surface area contributed by atoms with E-state index in [4.69, 9.17) is 3.83 Å². The molecule has 0 N–H and O–H groups in total. The van der Waals surface area contributed by atoms with Gasteiger partial charge in [-0.3, -0.25) is 0 Å². The fourth-order valence-corrected chi connectivity index (χ4v) is 0. The van der Waals surface area contributed by atoms with E-state index in [2.05, 4.69) is 15.9 Å². The molecular formula is Al2CuO5Zn. The maximum absolute atomic E-state index is 7.81. The monoisotopic (exact) mass is 261 g/mol. The molecule has 0 saturated heterocycles. The minimum absolute atomic E-state index is 0. The summed E-state index contributed by atoms with van der Waals surface area (Å²) in [6.45, 7) is 0. The fourth-order valence-electron chi connectivity index (χ4n) is 0. The first-order chi connectivity index (χ1) is 1.00. The molecule has 0 amide bonds. The predicted molar refractivity (Wildman–Crippen MR) is 14.9 cm³/mol. The summed E-state index contributed by atoms with van der Waals surface area (Å²) < 4.78 is 7.81. The standard InChI is InChI=1S/2Al.Cu.5O.Zn/q2*+3;;;4*-2;+2. The second-order valence-electron chi connectivity index (χ2n) is 0. The van der Waals surface area contributed by atoms with Gasteiger partial charge in [-0.2, -0.15) is 0 Å². The van der Waals surface area contributed by atoms with Crippen LogP contribution >= 0.6 is 0 Å². The van der Waals surface area contributed by atoms with Crippen LogP contribution < -0.4 is 0 Å². The van der Waals surface area contributed by atoms with Crippen molar-refractivity contribution in [3.63, 3.8) is 0 Å². The van der Waals surface area contributed by atoms with E-state index in [1.807, 2.05) is 0 Å². The van der Waals surface area contributed by atoms with Crippen LogP contribution in [0.2, 0.25) is 0 Å². The minimum atomic E-state index is 0. The number of rotatable bonds is 0. The Balaban J connectivity index is -0.000000000238. The molecule has 0 spiro atoms. The normalized spacial score (nSPS) is 0.667. The van der Waals surface area contributed by atoms with Gasteiger partial charge in [-0.05, 0) is 0 Å². The van der Waals surface area contributed by atoms with E-state index in [0.29, 0.717) is 0 Å². The van der Waals surface area contributed by atoms with Gasteiger partial charge in [-0.1, -0.05) is 0 Å². The van der Waals surface area contributed by atoms with Crippen molar-refractivity contribution in [1.82, 2.24) is 0 Å². The van der Waals surface area contributed by atoms with Crippen molar-refractivity contribution >= 4 is 34.7 Å². The van der Waals surface area contributed by atoms with Crippen LogP contribution in [0.1, 0.15) is 0 Å². The van der Waals surface area contributed by atoms with E-state index >= 15 is 0 Å². The first kappa shape index (κ1) is 130. The summed E-state index contributed by atoms with van der Waals surface area (Å²) in [5, 5.41) is 0. The number of hydrogen-bond donors (Lipinski definition) is 0. The molecule has 0 unspecified atom stereocenters. The zero-order valence-corrected chi connectivity index (χ0v) is 10.4. The topological polar surface area (TPSA) is 131 Å². The third-order valence-corrected chi connectivity index (χ3v) is 0. The maximum Gasteiger partial charge on any atom is 2.00 e. The molecule has 9 heteroatoms. The molecule has 0 bridgehead atoms. The first-order valence-electron chi connectivity index (χ1n) is 0.123. The molecule has 0 rings (SSSR count). The van der Waals surface area contributed by atoms with E-state index in [9.17, 15) is 0 Å². The fraction of sp³-hybridized carbons (Fsp3) is 0. The summed E-state index contributed by atoms with van der Waals surface area (Å²) in [6, 6.07) is 0. The van der Waals surface area contributed by atoms with Crippen LogP contribution in [0.4, 0.5) is 0 Å². The van der Waals surface area contributed by atoms with E-state index in [1.165, 1.54) is 0 Å². The summed E-state index contributed by atoms with van der Waals surface area (Å²) in [4.78, 5) is 0. The Morgan fingerprint density at radius 2 is 0.667 bits per heavy atom. The Morgan fingerprint density at radius 1 is 0.667 bits per heavy atom. The second kappa shape index (κ2) is 226. The quantitative estimate of drug-likeness (QED) is 0.490. The van der Waals surface area contributed by atoms with Crippen LogP contribution in [0.3, 0.4) is 0 Å².